The Hall–Kier alpha value is -2.44. The molecule has 24 heavy (non-hydrogen) atoms. The van der Waals surface area contributed by atoms with Crippen molar-refractivity contribution in [3.8, 4) is 0 Å². The lowest BCUT2D eigenvalue weighted by Crippen LogP contribution is -2.29. The molecule has 128 valence electrons. The van der Waals surface area contributed by atoms with Crippen molar-refractivity contribution in [2.24, 2.45) is 5.92 Å². The van der Waals surface area contributed by atoms with Crippen LogP contribution in [0.3, 0.4) is 0 Å². The van der Waals surface area contributed by atoms with Gasteiger partial charge in [-0.15, -0.1) is 0 Å². The van der Waals surface area contributed by atoms with Crippen LogP contribution >= 0.6 is 0 Å². The van der Waals surface area contributed by atoms with Crippen LogP contribution in [-0.2, 0) is 17.9 Å². The number of aryl methyl sites for hydroxylation is 1. The molecular weight excluding hydrogens is 306 g/mol. The number of hydrogen-bond donors (Lipinski definition) is 1. The molecule has 7 nitrogen and oxygen atoms in total. The van der Waals surface area contributed by atoms with Crippen LogP contribution in [0, 0.1) is 12.8 Å². The minimum absolute atomic E-state index is 0.0535. The van der Waals surface area contributed by atoms with Crippen molar-refractivity contribution in [3.63, 3.8) is 0 Å². The second kappa shape index (κ2) is 7.42. The smallest absolute Gasteiger partial charge is 0.309 e. The normalized spacial score (nSPS) is 15.4. The molecule has 0 radical (unpaired) electrons. The van der Waals surface area contributed by atoms with E-state index in [0.29, 0.717) is 11.7 Å². The summed E-state index contributed by atoms with van der Waals surface area (Å²) in [5.41, 5.74) is 0.413. The first-order chi connectivity index (χ1) is 11.6. The van der Waals surface area contributed by atoms with Gasteiger partial charge in [0.15, 0.2) is 0 Å². The van der Waals surface area contributed by atoms with Gasteiger partial charge in [-0.3, -0.25) is 9.36 Å². The van der Waals surface area contributed by atoms with Crippen LogP contribution in [0.2, 0.25) is 0 Å². The third-order valence-electron chi connectivity index (χ3n) is 4.44. The summed E-state index contributed by atoms with van der Waals surface area (Å²) >= 11 is 0. The van der Waals surface area contributed by atoms with Gasteiger partial charge >= 0.3 is 5.69 Å². The predicted octanol–water partition coefficient (Wildman–Crippen LogP) is 1.97. The van der Waals surface area contributed by atoms with Crippen LogP contribution in [-0.4, -0.2) is 25.2 Å². The molecule has 0 aliphatic heterocycles. The van der Waals surface area contributed by atoms with Gasteiger partial charge < -0.3 is 5.32 Å². The second-order valence-electron chi connectivity index (χ2n) is 6.49. The fourth-order valence-corrected chi connectivity index (χ4v) is 3.21. The summed E-state index contributed by atoms with van der Waals surface area (Å²) in [6.07, 6.45) is 11.1. The highest BCUT2D eigenvalue weighted by Crippen LogP contribution is 2.25. The van der Waals surface area contributed by atoms with Crippen molar-refractivity contribution >= 4 is 11.7 Å². The Morgan fingerprint density at radius 2 is 2.12 bits per heavy atom. The van der Waals surface area contributed by atoms with Crippen molar-refractivity contribution in [2.75, 3.05) is 5.32 Å². The molecule has 0 unspecified atom stereocenters. The third-order valence-corrected chi connectivity index (χ3v) is 4.44. The van der Waals surface area contributed by atoms with Crippen LogP contribution in [0.4, 0.5) is 5.82 Å². The van der Waals surface area contributed by atoms with E-state index in [0.717, 1.165) is 12.1 Å². The van der Waals surface area contributed by atoms with Gasteiger partial charge in [0.1, 0.15) is 12.4 Å². The summed E-state index contributed by atoms with van der Waals surface area (Å²) in [6, 6.07) is 1.79. The molecule has 2 aromatic rings. The standard InChI is InChI=1S/C17H23N5O2/c1-13-9-18-17(24)21(10-13)12-16(23)20-15-7-8-19-22(15)11-14-5-3-2-4-6-14/h7-10,14H,2-6,11-12H2,1H3,(H,20,23). The molecule has 2 aromatic heterocycles. The van der Waals surface area contributed by atoms with Gasteiger partial charge in [-0.2, -0.15) is 5.10 Å². The van der Waals surface area contributed by atoms with E-state index >= 15 is 0 Å². The average Bonchev–Trinajstić information content (AvgIpc) is 2.99. The van der Waals surface area contributed by atoms with E-state index in [4.69, 9.17) is 0 Å². The summed E-state index contributed by atoms with van der Waals surface area (Å²) < 4.78 is 3.16. The number of nitrogens with zero attached hydrogens (tertiary/aromatic N) is 4. The maximum absolute atomic E-state index is 12.2. The van der Waals surface area contributed by atoms with Gasteiger partial charge in [-0.25, -0.2) is 14.5 Å². The maximum atomic E-state index is 12.2. The monoisotopic (exact) mass is 329 g/mol. The Kier molecular flexibility index (Phi) is 5.08. The number of aromatic nitrogens is 4. The Balaban J connectivity index is 1.63. The van der Waals surface area contributed by atoms with Crippen molar-refractivity contribution < 1.29 is 4.79 Å². The summed E-state index contributed by atoms with van der Waals surface area (Å²) in [5.74, 6) is 1.05. The van der Waals surface area contributed by atoms with Gasteiger partial charge in [-0.05, 0) is 31.2 Å². The Labute approximate surface area is 140 Å². The van der Waals surface area contributed by atoms with Crippen LogP contribution in [0.15, 0.2) is 29.5 Å². The molecule has 2 heterocycles. The number of anilines is 1. The quantitative estimate of drug-likeness (QED) is 0.909. The molecule has 7 heteroatoms. The van der Waals surface area contributed by atoms with E-state index in [9.17, 15) is 9.59 Å². The average molecular weight is 329 g/mol. The van der Waals surface area contributed by atoms with E-state index in [1.54, 1.807) is 18.5 Å². The van der Waals surface area contributed by atoms with E-state index in [-0.39, 0.29) is 12.5 Å². The number of nitrogens with one attached hydrogen (secondary N) is 1. The maximum Gasteiger partial charge on any atom is 0.347 e. The molecule has 1 amide bonds. The summed E-state index contributed by atoms with van der Waals surface area (Å²) in [5, 5.41) is 7.17. The first kappa shape index (κ1) is 16.4. The van der Waals surface area contributed by atoms with Gasteiger partial charge in [0, 0.05) is 25.0 Å². The van der Waals surface area contributed by atoms with Gasteiger partial charge in [0.25, 0.3) is 0 Å². The number of carbonyl (C=O) groups is 1. The Morgan fingerprint density at radius 1 is 1.33 bits per heavy atom. The SMILES string of the molecule is Cc1cnc(=O)n(CC(=O)Nc2ccnn2CC2CCCCC2)c1. The molecule has 1 saturated carbocycles. The molecule has 0 aromatic carbocycles. The highest BCUT2D eigenvalue weighted by molar-refractivity contribution is 5.89. The second-order valence-corrected chi connectivity index (χ2v) is 6.49. The lowest BCUT2D eigenvalue weighted by atomic mass is 9.89. The Bertz CT molecular complexity index is 758. The lowest BCUT2D eigenvalue weighted by molar-refractivity contribution is -0.116. The molecule has 1 fully saturated rings. The Morgan fingerprint density at radius 3 is 2.92 bits per heavy atom. The highest BCUT2D eigenvalue weighted by Gasteiger charge is 2.16. The summed E-state index contributed by atoms with van der Waals surface area (Å²) in [7, 11) is 0. The molecule has 0 saturated heterocycles. The lowest BCUT2D eigenvalue weighted by Gasteiger charge is -2.22. The molecule has 0 spiro atoms. The van der Waals surface area contributed by atoms with Crippen LogP contribution in [0.1, 0.15) is 37.7 Å². The zero-order valence-electron chi connectivity index (χ0n) is 13.9. The zero-order chi connectivity index (χ0) is 16.9. The fraction of sp³-hybridized carbons (Fsp3) is 0.529. The molecule has 1 aliphatic carbocycles. The minimum atomic E-state index is -0.425. The van der Waals surface area contributed by atoms with Crippen LogP contribution in [0.25, 0.3) is 0 Å². The third kappa shape index (κ3) is 4.10. The number of carbonyl (C=O) groups excluding carboxylic acids is 1. The van der Waals surface area contributed by atoms with Crippen molar-refractivity contribution in [2.45, 2.75) is 52.1 Å². The van der Waals surface area contributed by atoms with E-state index in [1.165, 1.54) is 42.9 Å². The summed E-state index contributed by atoms with van der Waals surface area (Å²) in [6.45, 7) is 2.61. The van der Waals surface area contributed by atoms with E-state index in [1.807, 2.05) is 11.6 Å². The van der Waals surface area contributed by atoms with Gasteiger partial charge in [0.2, 0.25) is 5.91 Å². The number of amides is 1. The van der Waals surface area contributed by atoms with Crippen LogP contribution < -0.4 is 11.0 Å². The van der Waals surface area contributed by atoms with Gasteiger partial charge in [-0.1, -0.05) is 19.3 Å². The predicted molar refractivity (Wildman–Crippen MR) is 90.7 cm³/mol. The molecule has 1 aliphatic rings. The van der Waals surface area contributed by atoms with Crippen LogP contribution in [0.5, 0.6) is 0 Å². The van der Waals surface area contributed by atoms with Crippen molar-refractivity contribution in [1.29, 1.82) is 0 Å². The van der Waals surface area contributed by atoms with E-state index < -0.39 is 5.69 Å². The fourth-order valence-electron chi connectivity index (χ4n) is 3.21. The molecular formula is C17H23N5O2. The number of hydrogen-bond acceptors (Lipinski definition) is 4. The largest absolute Gasteiger partial charge is 0.347 e. The first-order valence-corrected chi connectivity index (χ1v) is 8.46. The topological polar surface area (TPSA) is 81.8 Å². The van der Waals surface area contributed by atoms with Crippen molar-refractivity contribution in [3.05, 3.63) is 40.7 Å². The molecule has 3 rings (SSSR count). The van der Waals surface area contributed by atoms with Crippen molar-refractivity contribution in [1.82, 2.24) is 19.3 Å². The molecule has 1 N–H and O–H groups in total. The highest BCUT2D eigenvalue weighted by atomic mass is 16.2. The minimum Gasteiger partial charge on any atom is -0.309 e. The zero-order valence-corrected chi connectivity index (χ0v) is 13.9. The molecule has 0 atom stereocenters. The summed E-state index contributed by atoms with van der Waals surface area (Å²) in [4.78, 5) is 27.7. The van der Waals surface area contributed by atoms with Gasteiger partial charge in [0.05, 0.1) is 6.20 Å². The molecule has 0 bridgehead atoms. The number of rotatable bonds is 5. The first-order valence-electron chi connectivity index (χ1n) is 8.46. The van der Waals surface area contributed by atoms with E-state index in [2.05, 4.69) is 15.4 Å².